The van der Waals surface area contributed by atoms with Crippen molar-refractivity contribution in [1.82, 2.24) is 9.88 Å². The van der Waals surface area contributed by atoms with E-state index in [-0.39, 0.29) is 15.4 Å². The molecule has 0 N–H and O–H groups in total. The molecule has 176 valence electrons. The number of hydrogen-bond acceptors (Lipinski definition) is 6. The number of likely N-dealkylation sites (tertiary alicyclic amines) is 1. The van der Waals surface area contributed by atoms with Crippen molar-refractivity contribution in [2.45, 2.75) is 35.5 Å². The highest BCUT2D eigenvalue weighted by Gasteiger charge is 2.30. The van der Waals surface area contributed by atoms with Gasteiger partial charge in [-0.05, 0) is 75.0 Å². The molecule has 5 rings (SSSR count). The predicted octanol–water partition coefficient (Wildman–Crippen LogP) is 4.39. The van der Waals surface area contributed by atoms with Crippen LogP contribution in [0.1, 0.15) is 31.2 Å². The lowest BCUT2D eigenvalue weighted by Gasteiger charge is -2.36. The Bertz CT molecular complexity index is 1350. The Kier molecular flexibility index (Phi) is 6.24. The van der Waals surface area contributed by atoms with Crippen molar-refractivity contribution >= 4 is 26.4 Å². The zero-order valence-corrected chi connectivity index (χ0v) is 19.8. The SMILES string of the molecule is N#Cc1cccc(S(=O)(=O)c2cnc3cc(F)ccc3c2N2CCC(CN3CCCC3)CC2)c1. The molecule has 0 spiro atoms. The molecule has 2 aromatic carbocycles. The molecule has 0 aliphatic carbocycles. The molecule has 34 heavy (non-hydrogen) atoms. The van der Waals surface area contributed by atoms with E-state index in [4.69, 9.17) is 0 Å². The minimum absolute atomic E-state index is 0.0555. The van der Waals surface area contributed by atoms with Crippen molar-refractivity contribution in [3.8, 4) is 6.07 Å². The standard InChI is InChI=1S/C26H27FN4O2S/c27-21-6-7-23-24(15-21)29-17-25(34(32,33)22-5-3-4-20(14-22)16-28)26(23)31-12-8-19(9-13-31)18-30-10-1-2-11-30/h3-7,14-15,17,19H,1-2,8-13,18H2. The number of pyridine rings is 1. The maximum atomic E-state index is 13.9. The fraction of sp³-hybridized carbons (Fsp3) is 0.385. The lowest BCUT2D eigenvalue weighted by atomic mass is 9.95. The molecule has 2 aliphatic rings. The quantitative estimate of drug-likeness (QED) is 0.541. The second-order valence-electron chi connectivity index (χ2n) is 9.21. The first kappa shape index (κ1) is 22.8. The number of anilines is 1. The number of nitrogens with zero attached hydrogens (tertiary/aromatic N) is 4. The fourth-order valence-corrected chi connectivity index (χ4v) is 6.66. The van der Waals surface area contributed by atoms with Gasteiger partial charge in [-0.2, -0.15) is 5.26 Å². The zero-order valence-electron chi connectivity index (χ0n) is 19.0. The Morgan fingerprint density at radius 1 is 1.06 bits per heavy atom. The monoisotopic (exact) mass is 478 g/mol. The number of rotatable bonds is 5. The highest BCUT2D eigenvalue weighted by atomic mass is 32.2. The zero-order chi connectivity index (χ0) is 23.7. The van der Waals surface area contributed by atoms with Gasteiger partial charge in [-0.1, -0.05) is 6.07 Å². The average molecular weight is 479 g/mol. The molecule has 3 heterocycles. The van der Waals surface area contributed by atoms with E-state index >= 15 is 0 Å². The summed E-state index contributed by atoms with van der Waals surface area (Å²) >= 11 is 0. The van der Waals surface area contributed by atoms with Gasteiger partial charge in [0.15, 0.2) is 0 Å². The number of sulfone groups is 1. The Morgan fingerprint density at radius 2 is 1.82 bits per heavy atom. The number of halogens is 1. The Labute approximate surface area is 199 Å². The van der Waals surface area contributed by atoms with Gasteiger partial charge < -0.3 is 9.80 Å². The normalized spacial score (nSPS) is 17.8. The van der Waals surface area contributed by atoms with Gasteiger partial charge in [-0.25, -0.2) is 12.8 Å². The second-order valence-corrected chi connectivity index (χ2v) is 11.1. The molecule has 6 nitrogen and oxygen atoms in total. The molecule has 0 bridgehead atoms. The Balaban J connectivity index is 1.53. The molecular weight excluding hydrogens is 451 g/mol. The van der Waals surface area contributed by atoms with Gasteiger partial charge in [0.1, 0.15) is 10.7 Å². The molecule has 8 heteroatoms. The van der Waals surface area contributed by atoms with Crippen molar-refractivity contribution in [2.75, 3.05) is 37.6 Å². The van der Waals surface area contributed by atoms with E-state index in [9.17, 15) is 18.1 Å². The van der Waals surface area contributed by atoms with E-state index < -0.39 is 15.7 Å². The van der Waals surface area contributed by atoms with Crippen molar-refractivity contribution < 1.29 is 12.8 Å². The van der Waals surface area contributed by atoms with Crippen LogP contribution in [0.2, 0.25) is 0 Å². The van der Waals surface area contributed by atoms with Crippen LogP contribution in [0.15, 0.2) is 58.5 Å². The number of nitriles is 1. The number of hydrogen-bond donors (Lipinski definition) is 0. The van der Waals surface area contributed by atoms with Crippen LogP contribution >= 0.6 is 0 Å². The maximum Gasteiger partial charge on any atom is 0.210 e. The van der Waals surface area contributed by atoms with E-state index in [2.05, 4.69) is 14.8 Å². The van der Waals surface area contributed by atoms with Gasteiger partial charge in [-0.3, -0.25) is 4.98 Å². The smallest absolute Gasteiger partial charge is 0.210 e. The minimum Gasteiger partial charge on any atom is -0.370 e. The summed E-state index contributed by atoms with van der Waals surface area (Å²) in [7, 11) is -3.94. The molecule has 1 aromatic heterocycles. The number of piperidine rings is 1. The molecular formula is C26H27FN4O2S. The van der Waals surface area contributed by atoms with Crippen molar-refractivity contribution in [1.29, 1.82) is 5.26 Å². The third-order valence-electron chi connectivity index (χ3n) is 6.98. The van der Waals surface area contributed by atoms with E-state index in [1.807, 2.05) is 6.07 Å². The average Bonchev–Trinajstić information content (AvgIpc) is 3.37. The summed E-state index contributed by atoms with van der Waals surface area (Å²) in [6.45, 7) is 4.91. The van der Waals surface area contributed by atoms with Gasteiger partial charge >= 0.3 is 0 Å². The van der Waals surface area contributed by atoms with Crippen LogP contribution in [-0.2, 0) is 9.84 Å². The van der Waals surface area contributed by atoms with Gasteiger partial charge in [0.2, 0.25) is 9.84 Å². The van der Waals surface area contributed by atoms with Crippen molar-refractivity contribution in [2.24, 2.45) is 5.92 Å². The van der Waals surface area contributed by atoms with E-state index in [0.29, 0.717) is 22.5 Å². The Morgan fingerprint density at radius 3 is 2.56 bits per heavy atom. The van der Waals surface area contributed by atoms with Crippen LogP contribution in [-0.4, -0.2) is 51.0 Å². The summed E-state index contributed by atoms with van der Waals surface area (Å²) < 4.78 is 41.4. The molecule has 0 unspecified atom stereocenters. The van der Waals surface area contributed by atoms with Crippen LogP contribution in [0.3, 0.4) is 0 Å². The second kappa shape index (κ2) is 9.32. The number of aromatic nitrogens is 1. The summed E-state index contributed by atoms with van der Waals surface area (Å²) in [6, 6.07) is 12.3. The number of fused-ring (bicyclic) bond motifs is 1. The first-order chi connectivity index (χ1) is 16.5. The Hall–Kier alpha value is -3.02. The third-order valence-corrected chi connectivity index (χ3v) is 8.73. The number of benzene rings is 2. The highest BCUT2D eigenvalue weighted by Crippen LogP contribution is 2.38. The van der Waals surface area contributed by atoms with E-state index in [0.717, 1.165) is 32.5 Å². The topological polar surface area (TPSA) is 77.3 Å². The van der Waals surface area contributed by atoms with Crippen LogP contribution in [0.4, 0.5) is 10.1 Å². The van der Waals surface area contributed by atoms with Crippen LogP contribution < -0.4 is 4.90 Å². The van der Waals surface area contributed by atoms with Gasteiger partial charge in [-0.15, -0.1) is 0 Å². The lowest BCUT2D eigenvalue weighted by molar-refractivity contribution is 0.249. The van der Waals surface area contributed by atoms with Crippen molar-refractivity contribution in [3.63, 3.8) is 0 Å². The molecule has 0 radical (unpaired) electrons. The maximum absolute atomic E-state index is 13.9. The lowest BCUT2D eigenvalue weighted by Crippen LogP contribution is -2.38. The largest absolute Gasteiger partial charge is 0.370 e. The van der Waals surface area contributed by atoms with Gasteiger partial charge in [0, 0.05) is 37.3 Å². The molecule has 2 aliphatic heterocycles. The summed E-state index contributed by atoms with van der Waals surface area (Å²) in [5.41, 5.74) is 1.28. The van der Waals surface area contributed by atoms with Crippen LogP contribution in [0.5, 0.6) is 0 Å². The van der Waals surface area contributed by atoms with E-state index in [1.165, 1.54) is 56.4 Å². The van der Waals surface area contributed by atoms with Crippen LogP contribution in [0.25, 0.3) is 10.9 Å². The molecule has 2 saturated heterocycles. The van der Waals surface area contributed by atoms with Crippen molar-refractivity contribution in [3.05, 3.63) is 60.0 Å². The molecule has 0 amide bonds. The first-order valence-corrected chi connectivity index (χ1v) is 13.2. The van der Waals surface area contributed by atoms with Gasteiger partial charge in [0.05, 0.1) is 27.7 Å². The van der Waals surface area contributed by atoms with Gasteiger partial charge in [0.25, 0.3) is 0 Å². The summed E-state index contributed by atoms with van der Waals surface area (Å²) in [5.74, 6) is 0.180. The summed E-state index contributed by atoms with van der Waals surface area (Å²) in [4.78, 5) is 9.10. The highest BCUT2D eigenvalue weighted by molar-refractivity contribution is 7.91. The molecule has 0 atom stereocenters. The van der Waals surface area contributed by atoms with E-state index in [1.54, 1.807) is 18.2 Å². The summed E-state index contributed by atoms with van der Waals surface area (Å²) in [6.07, 6.45) is 5.83. The molecule has 2 fully saturated rings. The minimum atomic E-state index is -3.94. The molecule has 0 saturated carbocycles. The third kappa shape index (κ3) is 4.38. The summed E-state index contributed by atoms with van der Waals surface area (Å²) in [5, 5.41) is 9.87. The predicted molar refractivity (Wildman–Crippen MR) is 129 cm³/mol. The fourth-order valence-electron chi connectivity index (χ4n) is 5.19. The first-order valence-electron chi connectivity index (χ1n) is 11.8. The molecule has 3 aromatic rings. The van der Waals surface area contributed by atoms with Crippen LogP contribution in [0, 0.1) is 23.1 Å².